The van der Waals surface area contributed by atoms with Gasteiger partial charge >= 0.3 is 0 Å². The van der Waals surface area contributed by atoms with Gasteiger partial charge in [0, 0.05) is 36.7 Å². The predicted octanol–water partition coefficient (Wildman–Crippen LogP) is 4.30. The van der Waals surface area contributed by atoms with Crippen LogP contribution in [-0.4, -0.2) is 52.8 Å². The second kappa shape index (κ2) is 9.21. The van der Waals surface area contributed by atoms with Gasteiger partial charge in [0.2, 0.25) is 5.91 Å². The maximum Gasteiger partial charge on any atom is 0.254 e. The van der Waals surface area contributed by atoms with Crippen molar-refractivity contribution in [1.82, 2.24) is 9.80 Å². The summed E-state index contributed by atoms with van der Waals surface area (Å²) < 4.78 is 13.4. The monoisotopic (exact) mass is 426 g/mol. The molecule has 0 N–H and O–H groups in total. The first kappa shape index (κ1) is 20.9. The topological polar surface area (TPSA) is 40.6 Å². The Kier molecular flexibility index (Phi) is 6.42. The highest BCUT2D eigenvalue weighted by atomic mass is 32.2. The van der Waals surface area contributed by atoms with E-state index in [1.807, 2.05) is 46.7 Å². The molecule has 30 heavy (non-hydrogen) atoms. The fourth-order valence-electron chi connectivity index (χ4n) is 4.42. The summed E-state index contributed by atoms with van der Waals surface area (Å²) in [6.45, 7) is 4.01. The molecular formula is C24H27FN2O2S. The standard InChI is InChI=1S/C24H27FN2O2S/c1-17-3-2-4-19(15-17)22-10-7-20(23(28)26-11-13-30-14-12-26)16-27(22)24(29)18-5-8-21(25)9-6-18/h2-6,8-9,15,20,22H,7,10-14,16H2,1H3. The molecule has 2 aromatic rings. The number of nitrogens with zero attached hydrogens (tertiary/aromatic N) is 2. The van der Waals surface area contributed by atoms with E-state index in [-0.39, 0.29) is 29.6 Å². The maximum absolute atomic E-state index is 13.4. The van der Waals surface area contributed by atoms with E-state index in [9.17, 15) is 14.0 Å². The molecule has 0 aromatic heterocycles. The fourth-order valence-corrected chi connectivity index (χ4v) is 5.32. The van der Waals surface area contributed by atoms with Gasteiger partial charge in [-0.25, -0.2) is 4.39 Å². The number of aryl methyl sites for hydroxylation is 1. The largest absolute Gasteiger partial charge is 0.341 e. The van der Waals surface area contributed by atoms with Crippen molar-refractivity contribution in [2.45, 2.75) is 25.8 Å². The number of amides is 2. The van der Waals surface area contributed by atoms with Gasteiger partial charge < -0.3 is 9.80 Å². The Hall–Kier alpha value is -2.34. The summed E-state index contributed by atoms with van der Waals surface area (Å²) in [6.07, 6.45) is 1.52. The summed E-state index contributed by atoms with van der Waals surface area (Å²) in [4.78, 5) is 30.3. The van der Waals surface area contributed by atoms with Gasteiger partial charge in [-0.15, -0.1) is 0 Å². The van der Waals surface area contributed by atoms with Gasteiger partial charge in [-0.1, -0.05) is 29.8 Å². The minimum absolute atomic E-state index is 0.0802. The Morgan fingerprint density at radius 1 is 1.03 bits per heavy atom. The van der Waals surface area contributed by atoms with E-state index in [1.54, 1.807) is 0 Å². The second-order valence-corrected chi connectivity index (χ2v) is 9.33. The van der Waals surface area contributed by atoms with Crippen LogP contribution in [0.25, 0.3) is 0 Å². The summed E-state index contributed by atoms with van der Waals surface area (Å²) in [5.41, 5.74) is 2.69. The highest BCUT2D eigenvalue weighted by Gasteiger charge is 2.37. The molecule has 0 bridgehead atoms. The number of piperidine rings is 1. The molecule has 2 heterocycles. The van der Waals surface area contributed by atoms with E-state index < -0.39 is 0 Å². The third kappa shape index (κ3) is 4.53. The molecule has 4 rings (SSSR count). The number of halogens is 1. The SMILES string of the molecule is Cc1cccc(C2CCC(C(=O)N3CCSCC3)CN2C(=O)c2ccc(F)cc2)c1. The molecule has 6 heteroatoms. The average molecular weight is 427 g/mol. The van der Waals surface area contributed by atoms with E-state index in [2.05, 4.69) is 6.07 Å². The number of carbonyl (C=O) groups excluding carboxylic acids is 2. The van der Waals surface area contributed by atoms with Crippen LogP contribution in [0, 0.1) is 18.7 Å². The molecule has 2 aliphatic heterocycles. The molecule has 2 atom stereocenters. The highest BCUT2D eigenvalue weighted by Crippen LogP contribution is 2.36. The molecule has 2 fully saturated rings. The lowest BCUT2D eigenvalue weighted by atomic mass is 9.87. The molecule has 2 aliphatic rings. The van der Waals surface area contributed by atoms with Crippen molar-refractivity contribution in [3.8, 4) is 0 Å². The van der Waals surface area contributed by atoms with E-state index >= 15 is 0 Å². The van der Waals surface area contributed by atoms with Crippen molar-refractivity contribution >= 4 is 23.6 Å². The van der Waals surface area contributed by atoms with Gasteiger partial charge in [0.05, 0.1) is 12.0 Å². The lowest BCUT2D eigenvalue weighted by molar-refractivity contribution is -0.137. The van der Waals surface area contributed by atoms with Crippen LogP contribution in [0.4, 0.5) is 4.39 Å². The lowest BCUT2D eigenvalue weighted by Crippen LogP contribution is -2.49. The van der Waals surface area contributed by atoms with Crippen LogP contribution in [0.2, 0.25) is 0 Å². The first-order valence-electron chi connectivity index (χ1n) is 10.5. The van der Waals surface area contributed by atoms with Gasteiger partial charge in [-0.05, 0) is 49.6 Å². The van der Waals surface area contributed by atoms with E-state index in [0.717, 1.165) is 48.6 Å². The summed E-state index contributed by atoms with van der Waals surface area (Å²) in [5, 5.41) is 0. The Labute approximate surface area is 181 Å². The zero-order valence-corrected chi connectivity index (χ0v) is 18.0. The van der Waals surface area contributed by atoms with Crippen molar-refractivity contribution in [3.05, 3.63) is 71.0 Å². The van der Waals surface area contributed by atoms with E-state index in [1.165, 1.54) is 24.3 Å². The number of hydrogen-bond donors (Lipinski definition) is 0. The van der Waals surface area contributed by atoms with Crippen LogP contribution in [0.5, 0.6) is 0 Å². The minimum atomic E-state index is -0.364. The van der Waals surface area contributed by atoms with Crippen molar-refractivity contribution in [2.75, 3.05) is 31.1 Å². The van der Waals surface area contributed by atoms with Crippen LogP contribution in [-0.2, 0) is 4.79 Å². The molecule has 158 valence electrons. The Balaban J connectivity index is 1.60. The third-order valence-corrected chi connectivity index (χ3v) is 6.98. The van der Waals surface area contributed by atoms with Crippen molar-refractivity contribution in [3.63, 3.8) is 0 Å². The minimum Gasteiger partial charge on any atom is -0.341 e. The molecule has 0 aliphatic carbocycles. The molecule has 0 spiro atoms. The van der Waals surface area contributed by atoms with Crippen molar-refractivity contribution in [2.24, 2.45) is 5.92 Å². The highest BCUT2D eigenvalue weighted by molar-refractivity contribution is 7.99. The van der Waals surface area contributed by atoms with Crippen LogP contribution in [0.1, 0.15) is 40.4 Å². The molecular weight excluding hydrogens is 399 g/mol. The van der Waals surface area contributed by atoms with Gasteiger partial charge in [-0.3, -0.25) is 9.59 Å². The molecule has 2 amide bonds. The van der Waals surface area contributed by atoms with Crippen LogP contribution in [0.15, 0.2) is 48.5 Å². The van der Waals surface area contributed by atoms with Gasteiger partial charge in [0.15, 0.2) is 0 Å². The van der Waals surface area contributed by atoms with E-state index in [0.29, 0.717) is 12.1 Å². The Morgan fingerprint density at radius 3 is 2.47 bits per heavy atom. The van der Waals surface area contributed by atoms with Crippen LogP contribution < -0.4 is 0 Å². The summed E-state index contributed by atoms with van der Waals surface area (Å²) in [5.74, 6) is 1.42. The number of benzene rings is 2. The first-order valence-corrected chi connectivity index (χ1v) is 11.7. The number of hydrogen-bond acceptors (Lipinski definition) is 3. The van der Waals surface area contributed by atoms with Crippen molar-refractivity contribution < 1.29 is 14.0 Å². The summed E-state index contributed by atoms with van der Waals surface area (Å²) in [7, 11) is 0. The molecule has 2 unspecified atom stereocenters. The molecule has 0 saturated carbocycles. The summed E-state index contributed by atoms with van der Waals surface area (Å²) >= 11 is 1.88. The Morgan fingerprint density at radius 2 is 1.77 bits per heavy atom. The number of rotatable bonds is 3. The van der Waals surface area contributed by atoms with Gasteiger partial charge in [0.25, 0.3) is 5.91 Å². The van der Waals surface area contributed by atoms with Crippen molar-refractivity contribution in [1.29, 1.82) is 0 Å². The van der Waals surface area contributed by atoms with Gasteiger partial charge in [-0.2, -0.15) is 11.8 Å². The van der Waals surface area contributed by atoms with Crippen LogP contribution >= 0.6 is 11.8 Å². The zero-order valence-electron chi connectivity index (χ0n) is 17.2. The summed E-state index contributed by atoms with van der Waals surface area (Å²) in [6, 6.07) is 13.8. The van der Waals surface area contributed by atoms with Gasteiger partial charge in [0.1, 0.15) is 5.82 Å². The zero-order chi connectivity index (χ0) is 21.1. The predicted molar refractivity (Wildman–Crippen MR) is 118 cm³/mol. The average Bonchev–Trinajstić information content (AvgIpc) is 2.79. The third-order valence-electron chi connectivity index (χ3n) is 6.03. The number of carbonyl (C=O) groups is 2. The number of thioether (sulfide) groups is 1. The molecule has 2 aromatic carbocycles. The smallest absolute Gasteiger partial charge is 0.254 e. The Bertz CT molecular complexity index is 912. The second-order valence-electron chi connectivity index (χ2n) is 8.11. The van der Waals surface area contributed by atoms with E-state index in [4.69, 9.17) is 0 Å². The fraction of sp³-hybridized carbons (Fsp3) is 0.417. The van der Waals surface area contributed by atoms with Crippen LogP contribution in [0.3, 0.4) is 0 Å². The molecule has 2 saturated heterocycles. The normalized spacial score (nSPS) is 22.1. The number of likely N-dealkylation sites (tertiary alicyclic amines) is 1. The molecule has 0 radical (unpaired) electrons. The lowest BCUT2D eigenvalue weighted by Gasteiger charge is -2.41. The maximum atomic E-state index is 13.4. The first-order chi connectivity index (χ1) is 14.5. The molecule has 4 nitrogen and oxygen atoms in total. The quantitative estimate of drug-likeness (QED) is 0.735.